The summed E-state index contributed by atoms with van der Waals surface area (Å²) in [6.45, 7) is 6.25. The van der Waals surface area contributed by atoms with Gasteiger partial charge in [-0.05, 0) is 30.4 Å². The highest BCUT2D eigenvalue weighted by atomic mass is 19.1. The molecule has 1 aliphatic rings. The van der Waals surface area contributed by atoms with Gasteiger partial charge in [0.15, 0.2) is 0 Å². The molecule has 2 rings (SSSR count). The van der Waals surface area contributed by atoms with Crippen molar-refractivity contribution >= 4 is 11.5 Å². The summed E-state index contributed by atoms with van der Waals surface area (Å²) in [6.07, 6.45) is 1.09. The van der Waals surface area contributed by atoms with Gasteiger partial charge < -0.3 is 10.6 Å². The molecule has 0 aliphatic carbocycles. The molecular formula is C14H20FN3. The molecule has 3 nitrogen and oxygen atoms in total. The third-order valence-electron chi connectivity index (χ3n) is 3.94. The number of nitrogens with two attached hydrogens (primary N) is 1. The van der Waals surface area contributed by atoms with Crippen molar-refractivity contribution in [3.8, 4) is 0 Å². The number of nitrogens with zero attached hydrogens (tertiary/aromatic N) is 1. The highest BCUT2D eigenvalue weighted by Crippen LogP contribution is 2.30. The summed E-state index contributed by atoms with van der Waals surface area (Å²) >= 11 is 0. The number of benzene rings is 1. The molecule has 1 heterocycles. The molecule has 0 radical (unpaired) electrons. The van der Waals surface area contributed by atoms with Crippen molar-refractivity contribution in [1.29, 1.82) is 5.41 Å². The highest BCUT2D eigenvalue weighted by molar-refractivity contribution is 6.00. The molecule has 0 spiro atoms. The molecule has 0 saturated carbocycles. The minimum Gasteiger partial charge on any atom is -0.384 e. The Hall–Kier alpha value is -1.58. The Kier molecular flexibility index (Phi) is 3.55. The Morgan fingerprint density at radius 3 is 2.72 bits per heavy atom. The Morgan fingerprint density at radius 2 is 2.11 bits per heavy atom. The maximum Gasteiger partial charge on any atom is 0.136 e. The van der Waals surface area contributed by atoms with Gasteiger partial charge in [0.05, 0.1) is 11.3 Å². The first-order valence-electron chi connectivity index (χ1n) is 6.38. The van der Waals surface area contributed by atoms with Crippen LogP contribution < -0.4 is 10.6 Å². The van der Waals surface area contributed by atoms with Crippen LogP contribution in [0.2, 0.25) is 0 Å². The summed E-state index contributed by atoms with van der Waals surface area (Å²) in [6, 6.07) is 4.89. The molecule has 2 atom stereocenters. The highest BCUT2D eigenvalue weighted by Gasteiger charge is 2.25. The lowest BCUT2D eigenvalue weighted by atomic mass is 9.88. The standard InChI is InChI=1S/C14H20FN3/c1-9-6-7-18(8-10(9)2)12-5-3-4-11(15)13(12)14(16)17/h3-5,9-10H,6-8H2,1-2H3,(H3,16,17). The summed E-state index contributed by atoms with van der Waals surface area (Å²) in [5.41, 5.74) is 6.49. The number of nitrogens with one attached hydrogen (secondary N) is 1. The van der Waals surface area contributed by atoms with Crippen LogP contribution in [0, 0.1) is 23.1 Å². The fourth-order valence-electron chi connectivity index (χ4n) is 2.52. The van der Waals surface area contributed by atoms with Gasteiger partial charge in [0, 0.05) is 13.1 Å². The number of amidine groups is 1. The summed E-state index contributed by atoms with van der Waals surface area (Å²) < 4.78 is 13.8. The fraction of sp³-hybridized carbons (Fsp3) is 0.500. The molecule has 4 heteroatoms. The van der Waals surface area contributed by atoms with Crippen LogP contribution in [-0.4, -0.2) is 18.9 Å². The van der Waals surface area contributed by atoms with E-state index in [9.17, 15) is 4.39 Å². The minimum atomic E-state index is -0.411. The van der Waals surface area contributed by atoms with Crippen molar-refractivity contribution < 1.29 is 4.39 Å². The van der Waals surface area contributed by atoms with Gasteiger partial charge in [-0.2, -0.15) is 0 Å². The molecule has 1 aromatic carbocycles. The fourth-order valence-corrected chi connectivity index (χ4v) is 2.52. The Bertz CT molecular complexity index is 458. The molecule has 1 fully saturated rings. The summed E-state index contributed by atoms with van der Waals surface area (Å²) in [5.74, 6) is 0.651. The molecule has 3 N–H and O–H groups in total. The number of anilines is 1. The van der Waals surface area contributed by atoms with Crippen LogP contribution in [0.3, 0.4) is 0 Å². The predicted octanol–water partition coefficient (Wildman–Crippen LogP) is 2.59. The van der Waals surface area contributed by atoms with Crippen molar-refractivity contribution in [2.24, 2.45) is 17.6 Å². The average Bonchev–Trinajstić information content (AvgIpc) is 2.32. The van der Waals surface area contributed by atoms with Crippen molar-refractivity contribution in [1.82, 2.24) is 0 Å². The Labute approximate surface area is 107 Å². The SMILES string of the molecule is CC1CCN(c2cccc(F)c2C(=N)N)CC1C. The molecular weight excluding hydrogens is 229 g/mol. The molecule has 1 aliphatic heterocycles. The van der Waals surface area contributed by atoms with Gasteiger partial charge in [0.25, 0.3) is 0 Å². The average molecular weight is 249 g/mol. The van der Waals surface area contributed by atoms with Gasteiger partial charge in [-0.3, -0.25) is 5.41 Å². The first-order chi connectivity index (χ1) is 8.50. The molecule has 1 aromatic rings. The molecule has 0 aromatic heterocycles. The van der Waals surface area contributed by atoms with Crippen molar-refractivity contribution in [2.75, 3.05) is 18.0 Å². The number of nitrogen functional groups attached to an aromatic ring is 1. The van der Waals surface area contributed by atoms with Crippen LogP contribution in [0.15, 0.2) is 18.2 Å². The van der Waals surface area contributed by atoms with Crippen molar-refractivity contribution in [3.63, 3.8) is 0 Å². The summed E-state index contributed by atoms with van der Waals surface area (Å²) in [5, 5.41) is 7.54. The quantitative estimate of drug-likeness (QED) is 0.625. The Morgan fingerprint density at radius 1 is 1.39 bits per heavy atom. The smallest absolute Gasteiger partial charge is 0.136 e. The van der Waals surface area contributed by atoms with E-state index in [-0.39, 0.29) is 11.4 Å². The third-order valence-corrected chi connectivity index (χ3v) is 3.94. The second kappa shape index (κ2) is 4.96. The lowest BCUT2D eigenvalue weighted by Gasteiger charge is -2.37. The van der Waals surface area contributed by atoms with E-state index in [0.717, 1.165) is 25.2 Å². The predicted molar refractivity (Wildman–Crippen MR) is 72.6 cm³/mol. The maximum atomic E-state index is 13.8. The molecule has 18 heavy (non-hydrogen) atoms. The third kappa shape index (κ3) is 2.33. The van der Waals surface area contributed by atoms with Crippen molar-refractivity contribution in [2.45, 2.75) is 20.3 Å². The Balaban J connectivity index is 2.34. The first-order valence-corrected chi connectivity index (χ1v) is 6.38. The van der Waals surface area contributed by atoms with E-state index >= 15 is 0 Å². The van der Waals surface area contributed by atoms with E-state index in [0.29, 0.717) is 11.8 Å². The number of piperidine rings is 1. The summed E-state index contributed by atoms with van der Waals surface area (Å²) in [7, 11) is 0. The monoisotopic (exact) mass is 249 g/mol. The zero-order chi connectivity index (χ0) is 13.3. The van der Waals surface area contributed by atoms with Crippen LogP contribution >= 0.6 is 0 Å². The van der Waals surface area contributed by atoms with Crippen LogP contribution in [-0.2, 0) is 0 Å². The maximum absolute atomic E-state index is 13.8. The van der Waals surface area contributed by atoms with Gasteiger partial charge in [0.1, 0.15) is 11.7 Å². The van der Waals surface area contributed by atoms with Crippen LogP contribution in [0.4, 0.5) is 10.1 Å². The van der Waals surface area contributed by atoms with Gasteiger partial charge in [-0.15, -0.1) is 0 Å². The van der Waals surface area contributed by atoms with E-state index in [1.165, 1.54) is 6.07 Å². The summed E-state index contributed by atoms with van der Waals surface area (Å²) in [4.78, 5) is 2.14. The lowest BCUT2D eigenvalue weighted by molar-refractivity contribution is 0.323. The largest absolute Gasteiger partial charge is 0.384 e. The van der Waals surface area contributed by atoms with E-state index in [2.05, 4.69) is 18.7 Å². The number of hydrogen-bond acceptors (Lipinski definition) is 2. The second-order valence-electron chi connectivity index (χ2n) is 5.24. The van der Waals surface area contributed by atoms with Crippen LogP contribution in [0.1, 0.15) is 25.8 Å². The molecule has 98 valence electrons. The minimum absolute atomic E-state index is 0.200. The normalized spacial score (nSPS) is 24.1. The number of rotatable bonds is 2. The van der Waals surface area contributed by atoms with Gasteiger partial charge in [-0.1, -0.05) is 19.9 Å². The van der Waals surface area contributed by atoms with Gasteiger partial charge >= 0.3 is 0 Å². The molecule has 0 amide bonds. The molecule has 0 bridgehead atoms. The zero-order valence-corrected chi connectivity index (χ0v) is 10.9. The van der Waals surface area contributed by atoms with E-state index in [1.807, 2.05) is 6.07 Å². The second-order valence-corrected chi connectivity index (χ2v) is 5.24. The lowest BCUT2D eigenvalue weighted by Crippen LogP contribution is -2.39. The van der Waals surface area contributed by atoms with Gasteiger partial charge in [-0.25, -0.2) is 4.39 Å². The van der Waals surface area contributed by atoms with Crippen molar-refractivity contribution in [3.05, 3.63) is 29.6 Å². The van der Waals surface area contributed by atoms with E-state index in [4.69, 9.17) is 11.1 Å². The molecule has 2 unspecified atom stereocenters. The van der Waals surface area contributed by atoms with Gasteiger partial charge in [0.2, 0.25) is 0 Å². The number of hydrogen-bond donors (Lipinski definition) is 2. The first kappa shape index (κ1) is 12.9. The van der Waals surface area contributed by atoms with E-state index < -0.39 is 5.82 Å². The van der Waals surface area contributed by atoms with E-state index in [1.54, 1.807) is 6.07 Å². The van der Waals surface area contributed by atoms with Crippen LogP contribution in [0.25, 0.3) is 0 Å². The zero-order valence-electron chi connectivity index (χ0n) is 10.9. The number of halogens is 1. The molecule has 1 saturated heterocycles. The van der Waals surface area contributed by atoms with Crippen LogP contribution in [0.5, 0.6) is 0 Å². The topological polar surface area (TPSA) is 53.1 Å².